The van der Waals surface area contributed by atoms with Crippen molar-refractivity contribution in [1.29, 1.82) is 5.26 Å². The monoisotopic (exact) mass is 419 g/mol. The number of hydrogen-bond donors (Lipinski definition) is 1. The van der Waals surface area contributed by atoms with Gasteiger partial charge in [-0.3, -0.25) is 4.79 Å². The molecule has 0 unspecified atom stereocenters. The number of aromatic hydroxyl groups is 1. The standard InChI is InChI=1S/C27H21N3O2/c28-14-17-15-30(18-6-2-1-3-7-18)27-23(17)22(16-10-12-19(31)13-11-16)24-25(29-27)20-8-4-5-9-21(20)26(24)32/h4-5,8-13,15,18,31H,1-3,6-7H2. The summed E-state index contributed by atoms with van der Waals surface area (Å²) in [5.41, 5.74) is 5.54. The second kappa shape index (κ2) is 7.06. The summed E-state index contributed by atoms with van der Waals surface area (Å²) in [5.74, 6) is 0.0907. The molecule has 1 N–H and O–H groups in total. The van der Waals surface area contributed by atoms with Crippen molar-refractivity contribution in [1.82, 2.24) is 9.55 Å². The predicted molar refractivity (Wildman–Crippen MR) is 123 cm³/mol. The van der Waals surface area contributed by atoms with Gasteiger partial charge in [0.15, 0.2) is 5.78 Å². The first kappa shape index (κ1) is 18.8. The molecule has 32 heavy (non-hydrogen) atoms. The maximum Gasteiger partial charge on any atom is 0.196 e. The van der Waals surface area contributed by atoms with Crippen LogP contribution in [0.15, 0.2) is 54.7 Å². The van der Waals surface area contributed by atoms with E-state index in [-0.39, 0.29) is 11.5 Å². The lowest BCUT2D eigenvalue weighted by atomic mass is 9.93. The molecule has 0 spiro atoms. The van der Waals surface area contributed by atoms with E-state index in [9.17, 15) is 15.2 Å². The van der Waals surface area contributed by atoms with Crippen molar-refractivity contribution >= 4 is 16.8 Å². The van der Waals surface area contributed by atoms with Crippen LogP contribution in [0.3, 0.4) is 0 Å². The Labute approximate surface area is 185 Å². The summed E-state index contributed by atoms with van der Waals surface area (Å²) in [6, 6.07) is 17.1. The number of carbonyl (C=O) groups is 1. The number of ketones is 1. The van der Waals surface area contributed by atoms with E-state index in [1.807, 2.05) is 30.5 Å². The van der Waals surface area contributed by atoms with E-state index < -0.39 is 0 Å². The van der Waals surface area contributed by atoms with E-state index in [0.29, 0.717) is 28.4 Å². The van der Waals surface area contributed by atoms with Crippen molar-refractivity contribution in [2.24, 2.45) is 0 Å². The molecule has 5 heteroatoms. The maximum atomic E-state index is 13.5. The van der Waals surface area contributed by atoms with Crippen LogP contribution in [-0.2, 0) is 0 Å². The Morgan fingerprint density at radius 2 is 1.69 bits per heavy atom. The fraction of sp³-hybridized carbons (Fsp3) is 0.222. The Morgan fingerprint density at radius 3 is 2.41 bits per heavy atom. The van der Waals surface area contributed by atoms with Gasteiger partial charge in [-0.2, -0.15) is 5.26 Å². The lowest BCUT2D eigenvalue weighted by molar-refractivity contribution is 0.104. The summed E-state index contributed by atoms with van der Waals surface area (Å²) >= 11 is 0. The minimum atomic E-state index is -0.0672. The van der Waals surface area contributed by atoms with Gasteiger partial charge in [0.1, 0.15) is 17.5 Å². The Kier molecular flexibility index (Phi) is 4.16. The smallest absolute Gasteiger partial charge is 0.196 e. The Balaban J connectivity index is 1.74. The summed E-state index contributed by atoms with van der Waals surface area (Å²) in [5, 5.41) is 20.6. The number of phenolic OH excluding ortho intramolecular Hbond substituents is 1. The molecule has 156 valence electrons. The fourth-order valence-electron chi connectivity index (χ4n) is 5.36. The van der Waals surface area contributed by atoms with Crippen molar-refractivity contribution in [2.45, 2.75) is 38.1 Å². The van der Waals surface area contributed by atoms with E-state index >= 15 is 0 Å². The second-order valence-electron chi connectivity index (χ2n) is 8.68. The van der Waals surface area contributed by atoms with Crippen molar-refractivity contribution in [3.05, 3.63) is 71.4 Å². The normalized spacial score (nSPS) is 15.5. The van der Waals surface area contributed by atoms with Gasteiger partial charge in [-0.25, -0.2) is 4.98 Å². The zero-order valence-corrected chi connectivity index (χ0v) is 17.5. The molecular weight excluding hydrogens is 398 g/mol. The lowest BCUT2D eigenvalue weighted by Gasteiger charge is -2.24. The number of nitrogens with zero attached hydrogens (tertiary/aromatic N) is 3. The van der Waals surface area contributed by atoms with Gasteiger partial charge >= 0.3 is 0 Å². The summed E-state index contributed by atoms with van der Waals surface area (Å²) in [6.07, 6.45) is 7.63. The number of benzene rings is 2. The van der Waals surface area contributed by atoms with Crippen molar-refractivity contribution in [3.63, 3.8) is 0 Å². The Hall–Kier alpha value is -3.91. The van der Waals surface area contributed by atoms with Crippen LogP contribution in [0.25, 0.3) is 33.4 Å². The molecular formula is C27H21N3O2. The Bertz CT molecular complexity index is 1430. The largest absolute Gasteiger partial charge is 0.508 e. The number of carbonyl (C=O) groups excluding carboxylic acids is 1. The van der Waals surface area contributed by atoms with Crippen LogP contribution in [0.1, 0.15) is 59.6 Å². The molecule has 1 fully saturated rings. The minimum absolute atomic E-state index is 0.0672. The third-order valence-electron chi connectivity index (χ3n) is 6.86. The molecule has 0 aliphatic heterocycles. The van der Waals surface area contributed by atoms with Gasteiger partial charge in [-0.1, -0.05) is 55.7 Å². The molecule has 2 heterocycles. The number of fused-ring (bicyclic) bond motifs is 4. The van der Waals surface area contributed by atoms with Crippen molar-refractivity contribution in [2.75, 3.05) is 0 Å². The van der Waals surface area contributed by atoms with Gasteiger partial charge in [-0.15, -0.1) is 0 Å². The highest BCUT2D eigenvalue weighted by Gasteiger charge is 2.34. The molecule has 0 bridgehead atoms. The summed E-state index contributed by atoms with van der Waals surface area (Å²) < 4.78 is 2.17. The van der Waals surface area contributed by atoms with Crippen molar-refractivity contribution in [3.8, 4) is 34.2 Å². The highest BCUT2D eigenvalue weighted by molar-refractivity contribution is 6.27. The first-order valence-electron chi connectivity index (χ1n) is 11.1. The molecule has 1 saturated carbocycles. The molecule has 0 amide bonds. The lowest BCUT2D eigenvalue weighted by Crippen LogP contribution is -2.12. The summed E-state index contributed by atoms with van der Waals surface area (Å²) in [6.45, 7) is 0. The molecule has 2 aromatic heterocycles. The van der Waals surface area contributed by atoms with Gasteiger partial charge in [0.05, 0.1) is 16.8 Å². The van der Waals surface area contributed by atoms with Crippen molar-refractivity contribution < 1.29 is 9.90 Å². The van der Waals surface area contributed by atoms with Crippen LogP contribution in [0.2, 0.25) is 0 Å². The van der Waals surface area contributed by atoms with E-state index in [2.05, 4.69) is 10.6 Å². The maximum absolute atomic E-state index is 13.5. The molecule has 5 nitrogen and oxygen atoms in total. The zero-order valence-electron chi connectivity index (χ0n) is 17.5. The zero-order chi connectivity index (χ0) is 21.8. The third kappa shape index (κ3) is 2.63. The summed E-state index contributed by atoms with van der Waals surface area (Å²) in [4.78, 5) is 18.6. The molecule has 2 aromatic carbocycles. The SMILES string of the molecule is N#Cc1cn(C2CCCCC2)c2nc3c(c(-c4ccc(O)cc4)c12)C(=O)c1ccccc1-3. The number of phenols is 1. The van der Waals surface area contributed by atoms with Crippen LogP contribution in [-0.4, -0.2) is 20.4 Å². The van der Waals surface area contributed by atoms with Crippen LogP contribution in [0, 0.1) is 11.3 Å². The Morgan fingerprint density at radius 1 is 0.969 bits per heavy atom. The van der Waals surface area contributed by atoms with E-state index in [0.717, 1.165) is 40.6 Å². The summed E-state index contributed by atoms with van der Waals surface area (Å²) in [7, 11) is 0. The highest BCUT2D eigenvalue weighted by Crippen LogP contribution is 2.46. The second-order valence-corrected chi connectivity index (χ2v) is 8.68. The van der Waals surface area contributed by atoms with Gasteiger partial charge < -0.3 is 9.67 Å². The number of aromatic nitrogens is 2. The molecule has 6 rings (SSSR count). The van der Waals surface area contributed by atoms with Gasteiger partial charge in [0.25, 0.3) is 0 Å². The first-order valence-corrected chi connectivity index (χ1v) is 11.1. The highest BCUT2D eigenvalue weighted by atomic mass is 16.3. The number of nitriles is 1. The minimum Gasteiger partial charge on any atom is -0.508 e. The van der Waals surface area contributed by atoms with Crippen LogP contribution < -0.4 is 0 Å². The van der Waals surface area contributed by atoms with E-state index in [1.54, 1.807) is 24.3 Å². The average Bonchev–Trinajstić information content (AvgIpc) is 3.35. The number of hydrogen-bond acceptors (Lipinski definition) is 4. The predicted octanol–water partition coefficient (Wildman–Crippen LogP) is 6.00. The van der Waals surface area contributed by atoms with E-state index in [4.69, 9.17) is 4.98 Å². The molecule has 2 aliphatic rings. The first-order chi connectivity index (χ1) is 15.7. The molecule has 2 aliphatic carbocycles. The van der Waals surface area contributed by atoms with Gasteiger partial charge in [0, 0.05) is 34.3 Å². The molecule has 0 radical (unpaired) electrons. The topological polar surface area (TPSA) is 78.9 Å². The van der Waals surface area contributed by atoms with E-state index in [1.165, 1.54) is 19.3 Å². The van der Waals surface area contributed by atoms with Crippen LogP contribution in [0.4, 0.5) is 0 Å². The molecule has 4 aromatic rings. The molecule has 0 atom stereocenters. The van der Waals surface area contributed by atoms with Gasteiger partial charge in [-0.05, 0) is 30.5 Å². The number of pyridine rings is 1. The quantitative estimate of drug-likeness (QED) is 0.381. The molecule has 0 saturated heterocycles. The fourth-order valence-corrected chi connectivity index (χ4v) is 5.36. The van der Waals surface area contributed by atoms with Crippen LogP contribution in [0.5, 0.6) is 5.75 Å². The average molecular weight is 419 g/mol. The third-order valence-corrected chi connectivity index (χ3v) is 6.86. The van der Waals surface area contributed by atoms with Crippen LogP contribution >= 0.6 is 0 Å². The number of rotatable bonds is 2. The van der Waals surface area contributed by atoms with Gasteiger partial charge in [0.2, 0.25) is 0 Å².